The molecular weight excluding hydrogens is 334 g/mol. The number of carbonyl (C=O) groups excluding carboxylic acids is 1. The molecule has 0 aliphatic heterocycles. The summed E-state index contributed by atoms with van der Waals surface area (Å²) in [5.74, 6) is 0.726. The van der Waals surface area contributed by atoms with Gasteiger partial charge in [-0.3, -0.25) is 4.79 Å². The Hall–Kier alpha value is -2.24. The lowest BCUT2D eigenvalue weighted by Gasteiger charge is -2.22. The van der Waals surface area contributed by atoms with Gasteiger partial charge in [-0.05, 0) is 55.1 Å². The van der Waals surface area contributed by atoms with Crippen molar-refractivity contribution in [1.29, 1.82) is 0 Å². The maximum atomic E-state index is 12.9. The van der Waals surface area contributed by atoms with Gasteiger partial charge in [-0.25, -0.2) is 0 Å². The van der Waals surface area contributed by atoms with Gasteiger partial charge in [-0.15, -0.1) is 11.8 Å². The van der Waals surface area contributed by atoms with Gasteiger partial charge in [0.05, 0.1) is 6.61 Å². The van der Waals surface area contributed by atoms with Gasteiger partial charge in [0.25, 0.3) is 5.91 Å². The number of thioether (sulfide) groups is 1. The van der Waals surface area contributed by atoms with Crippen LogP contribution in [0.1, 0.15) is 21.7 Å². The molecule has 0 saturated heterocycles. The Labute approximate surface area is 151 Å². The number of fused-ring (bicyclic) bond motifs is 1. The standard InChI is InChI=1S/C20H21NO3S/c1-14-11-17-12-16(5-8-19(17)24-14)20(23)21(9-10-22)13-15-3-6-18(25-2)7-4-15/h3-8,11-12,22H,9-10,13H2,1-2H3. The van der Waals surface area contributed by atoms with E-state index in [0.717, 1.165) is 22.3 Å². The van der Waals surface area contributed by atoms with Crippen molar-refractivity contribution in [3.63, 3.8) is 0 Å². The predicted molar refractivity (Wildman–Crippen MR) is 101 cm³/mol. The van der Waals surface area contributed by atoms with Crippen LogP contribution in [0.2, 0.25) is 0 Å². The second kappa shape index (κ2) is 7.76. The highest BCUT2D eigenvalue weighted by molar-refractivity contribution is 7.98. The number of rotatable bonds is 6. The van der Waals surface area contributed by atoms with Crippen LogP contribution >= 0.6 is 11.8 Å². The average Bonchev–Trinajstić information content (AvgIpc) is 3.00. The fourth-order valence-electron chi connectivity index (χ4n) is 2.82. The van der Waals surface area contributed by atoms with Crippen molar-refractivity contribution < 1.29 is 14.3 Å². The van der Waals surface area contributed by atoms with Gasteiger partial charge in [0.1, 0.15) is 11.3 Å². The van der Waals surface area contributed by atoms with Gasteiger partial charge in [0.15, 0.2) is 0 Å². The van der Waals surface area contributed by atoms with Crippen molar-refractivity contribution in [2.75, 3.05) is 19.4 Å². The Morgan fingerprint density at radius 2 is 1.92 bits per heavy atom. The smallest absolute Gasteiger partial charge is 0.254 e. The number of aliphatic hydroxyl groups is 1. The number of furan rings is 1. The molecule has 1 N–H and O–H groups in total. The summed E-state index contributed by atoms with van der Waals surface area (Å²) < 4.78 is 5.56. The molecule has 3 rings (SSSR count). The molecule has 25 heavy (non-hydrogen) atoms. The molecule has 4 nitrogen and oxygen atoms in total. The van der Waals surface area contributed by atoms with Crippen molar-refractivity contribution in [3.05, 3.63) is 65.4 Å². The summed E-state index contributed by atoms with van der Waals surface area (Å²) in [7, 11) is 0. The molecule has 2 aromatic carbocycles. The van der Waals surface area contributed by atoms with E-state index >= 15 is 0 Å². The van der Waals surface area contributed by atoms with Crippen molar-refractivity contribution >= 4 is 28.6 Å². The molecule has 0 bridgehead atoms. The first-order chi connectivity index (χ1) is 12.1. The molecule has 0 unspecified atom stereocenters. The van der Waals surface area contributed by atoms with Crippen molar-refractivity contribution in [1.82, 2.24) is 4.90 Å². The van der Waals surface area contributed by atoms with Crippen LogP contribution in [0.3, 0.4) is 0 Å². The molecule has 0 atom stereocenters. The molecule has 0 aliphatic carbocycles. The Kier molecular flexibility index (Phi) is 5.46. The van der Waals surface area contributed by atoms with Crippen LogP contribution in [-0.2, 0) is 6.54 Å². The maximum absolute atomic E-state index is 12.9. The fourth-order valence-corrected chi connectivity index (χ4v) is 3.22. The van der Waals surface area contributed by atoms with Crippen LogP contribution in [0.5, 0.6) is 0 Å². The van der Waals surface area contributed by atoms with E-state index in [1.165, 1.54) is 4.90 Å². The minimum atomic E-state index is -0.0938. The van der Waals surface area contributed by atoms with Crippen LogP contribution in [0, 0.1) is 6.92 Å². The SMILES string of the molecule is CSc1ccc(CN(CCO)C(=O)c2ccc3oc(C)cc3c2)cc1. The van der Waals surface area contributed by atoms with E-state index in [4.69, 9.17) is 4.42 Å². The molecule has 0 saturated carbocycles. The molecule has 5 heteroatoms. The number of nitrogens with zero attached hydrogens (tertiary/aromatic N) is 1. The number of aliphatic hydroxyl groups excluding tert-OH is 1. The highest BCUT2D eigenvalue weighted by Gasteiger charge is 2.17. The van der Waals surface area contributed by atoms with Crippen LogP contribution in [-0.4, -0.2) is 35.3 Å². The zero-order valence-corrected chi connectivity index (χ0v) is 15.2. The molecule has 0 aliphatic rings. The van der Waals surface area contributed by atoms with Crippen molar-refractivity contribution in [2.24, 2.45) is 0 Å². The minimum absolute atomic E-state index is 0.0678. The highest BCUT2D eigenvalue weighted by atomic mass is 32.2. The summed E-state index contributed by atoms with van der Waals surface area (Å²) in [5.41, 5.74) is 2.41. The first-order valence-corrected chi connectivity index (χ1v) is 9.36. The average molecular weight is 355 g/mol. The molecule has 130 valence electrons. The van der Waals surface area contributed by atoms with Gasteiger partial charge in [-0.2, -0.15) is 0 Å². The number of hydrogen-bond acceptors (Lipinski definition) is 4. The maximum Gasteiger partial charge on any atom is 0.254 e. The third-order valence-electron chi connectivity index (χ3n) is 4.08. The second-order valence-electron chi connectivity index (χ2n) is 5.91. The number of benzene rings is 2. The molecule has 0 spiro atoms. The molecule has 0 radical (unpaired) electrons. The normalized spacial score (nSPS) is 11.0. The van der Waals surface area contributed by atoms with Crippen LogP contribution in [0.4, 0.5) is 0 Å². The second-order valence-corrected chi connectivity index (χ2v) is 6.79. The summed E-state index contributed by atoms with van der Waals surface area (Å²) >= 11 is 1.68. The Morgan fingerprint density at radius 3 is 2.60 bits per heavy atom. The zero-order chi connectivity index (χ0) is 17.8. The van der Waals surface area contributed by atoms with Gasteiger partial charge < -0.3 is 14.4 Å². The first-order valence-electron chi connectivity index (χ1n) is 8.14. The lowest BCUT2D eigenvalue weighted by Crippen LogP contribution is -2.33. The summed E-state index contributed by atoms with van der Waals surface area (Å²) in [5, 5.41) is 10.3. The lowest BCUT2D eigenvalue weighted by molar-refractivity contribution is 0.0708. The first kappa shape index (κ1) is 17.6. The highest BCUT2D eigenvalue weighted by Crippen LogP contribution is 2.22. The minimum Gasteiger partial charge on any atom is -0.461 e. The monoisotopic (exact) mass is 355 g/mol. The third-order valence-corrected chi connectivity index (χ3v) is 4.82. The Balaban J connectivity index is 1.83. The molecule has 0 fully saturated rings. The van der Waals surface area contributed by atoms with E-state index in [9.17, 15) is 9.90 Å². The summed E-state index contributed by atoms with van der Waals surface area (Å²) in [6.45, 7) is 2.58. The number of carbonyl (C=O) groups is 1. The molecule has 1 aromatic heterocycles. The van der Waals surface area contributed by atoms with Gasteiger partial charge >= 0.3 is 0 Å². The van der Waals surface area contributed by atoms with Gasteiger partial charge in [0.2, 0.25) is 0 Å². The topological polar surface area (TPSA) is 53.7 Å². The van der Waals surface area contributed by atoms with Gasteiger partial charge in [-0.1, -0.05) is 12.1 Å². The quantitative estimate of drug-likeness (QED) is 0.677. The Morgan fingerprint density at radius 1 is 1.16 bits per heavy atom. The number of hydrogen-bond donors (Lipinski definition) is 1. The fraction of sp³-hybridized carbons (Fsp3) is 0.250. The number of aryl methyl sites for hydroxylation is 1. The summed E-state index contributed by atoms with van der Waals surface area (Å²) in [4.78, 5) is 15.7. The third kappa shape index (κ3) is 4.06. The van der Waals surface area contributed by atoms with E-state index in [-0.39, 0.29) is 12.5 Å². The number of amides is 1. The van der Waals surface area contributed by atoms with E-state index < -0.39 is 0 Å². The van der Waals surface area contributed by atoms with Crippen LogP contribution in [0.25, 0.3) is 11.0 Å². The Bertz CT molecular complexity index is 870. The van der Waals surface area contributed by atoms with Gasteiger partial charge in [0, 0.05) is 28.9 Å². The largest absolute Gasteiger partial charge is 0.461 e. The molecule has 1 heterocycles. The van der Waals surface area contributed by atoms with E-state index in [0.29, 0.717) is 18.7 Å². The van der Waals surface area contributed by atoms with Crippen molar-refractivity contribution in [3.8, 4) is 0 Å². The summed E-state index contributed by atoms with van der Waals surface area (Å²) in [6.07, 6.45) is 2.03. The molecule has 1 amide bonds. The van der Waals surface area contributed by atoms with Crippen LogP contribution < -0.4 is 0 Å². The lowest BCUT2D eigenvalue weighted by atomic mass is 10.1. The molecular formula is C20H21NO3S. The van der Waals surface area contributed by atoms with Crippen LogP contribution in [0.15, 0.2) is 57.8 Å². The molecule has 3 aromatic rings. The van der Waals surface area contributed by atoms with E-state index in [1.807, 2.05) is 55.6 Å². The zero-order valence-electron chi connectivity index (χ0n) is 14.4. The van der Waals surface area contributed by atoms with E-state index in [1.54, 1.807) is 22.7 Å². The van der Waals surface area contributed by atoms with Crippen molar-refractivity contribution in [2.45, 2.75) is 18.4 Å². The predicted octanol–water partition coefficient (Wildman–Crippen LogP) is 4.10. The van der Waals surface area contributed by atoms with E-state index in [2.05, 4.69) is 0 Å². The summed E-state index contributed by atoms with van der Waals surface area (Å²) in [6, 6.07) is 15.5.